The van der Waals surface area contributed by atoms with Crippen molar-refractivity contribution in [1.82, 2.24) is 9.80 Å². The van der Waals surface area contributed by atoms with Crippen LogP contribution in [0.2, 0.25) is 5.02 Å². The lowest BCUT2D eigenvalue weighted by Crippen LogP contribution is -2.48. The topological polar surface area (TPSA) is 35.9 Å². The summed E-state index contributed by atoms with van der Waals surface area (Å²) < 4.78 is 6.67. The summed E-state index contributed by atoms with van der Waals surface area (Å²) in [5.41, 5.74) is 1.28. The summed E-state index contributed by atoms with van der Waals surface area (Å²) in [6, 6.07) is 15.7. The van der Waals surface area contributed by atoms with Crippen molar-refractivity contribution < 1.29 is 9.84 Å². The average Bonchev–Trinajstić information content (AvgIpc) is 2.65. The number of aliphatic hydroxyl groups is 1. The van der Waals surface area contributed by atoms with Crippen LogP contribution in [0.3, 0.4) is 0 Å². The Bertz CT molecular complexity index is 673. The molecule has 1 heterocycles. The van der Waals surface area contributed by atoms with Crippen molar-refractivity contribution in [3.05, 3.63) is 63.6 Å². The molecule has 1 fully saturated rings. The van der Waals surface area contributed by atoms with Gasteiger partial charge in [-0.05, 0) is 42.0 Å². The monoisotopic (exact) mass is 438 g/mol. The van der Waals surface area contributed by atoms with Crippen LogP contribution in [-0.2, 0) is 6.54 Å². The van der Waals surface area contributed by atoms with Crippen molar-refractivity contribution >= 4 is 27.5 Å². The number of halogens is 2. The summed E-state index contributed by atoms with van der Waals surface area (Å²) in [6.45, 7) is 5.83. The Hall–Kier alpha value is -1.11. The first kappa shape index (κ1) is 19.6. The zero-order valence-corrected chi connectivity index (χ0v) is 17.0. The lowest BCUT2D eigenvalue weighted by molar-refractivity contribution is 0.0446. The molecule has 0 saturated carbocycles. The molecule has 26 heavy (non-hydrogen) atoms. The van der Waals surface area contributed by atoms with E-state index in [1.54, 1.807) is 0 Å². The maximum Gasteiger partial charge on any atom is 0.119 e. The molecule has 0 aromatic heterocycles. The summed E-state index contributed by atoms with van der Waals surface area (Å²) >= 11 is 9.34. The van der Waals surface area contributed by atoms with E-state index < -0.39 is 6.10 Å². The molecule has 0 aliphatic carbocycles. The van der Waals surface area contributed by atoms with Crippen molar-refractivity contribution in [3.63, 3.8) is 0 Å². The van der Waals surface area contributed by atoms with E-state index >= 15 is 0 Å². The van der Waals surface area contributed by atoms with Gasteiger partial charge < -0.3 is 9.84 Å². The predicted molar refractivity (Wildman–Crippen MR) is 109 cm³/mol. The molecule has 1 N–H and O–H groups in total. The van der Waals surface area contributed by atoms with Gasteiger partial charge in [-0.25, -0.2) is 0 Å². The van der Waals surface area contributed by atoms with Crippen LogP contribution in [0.15, 0.2) is 53.0 Å². The second-order valence-electron chi connectivity index (χ2n) is 6.62. The Balaban J connectivity index is 1.36. The minimum Gasteiger partial charge on any atom is -0.491 e. The molecule has 140 valence electrons. The van der Waals surface area contributed by atoms with Crippen molar-refractivity contribution in [2.45, 2.75) is 12.6 Å². The third-order valence-corrected chi connectivity index (χ3v) is 5.29. The minimum absolute atomic E-state index is 0.312. The van der Waals surface area contributed by atoms with Crippen molar-refractivity contribution in [2.24, 2.45) is 0 Å². The highest BCUT2D eigenvalue weighted by molar-refractivity contribution is 9.10. The fourth-order valence-electron chi connectivity index (χ4n) is 3.05. The molecular formula is C20H24BrClN2O2. The van der Waals surface area contributed by atoms with E-state index in [2.05, 4.69) is 37.9 Å². The van der Waals surface area contributed by atoms with Crippen LogP contribution in [0.5, 0.6) is 5.75 Å². The van der Waals surface area contributed by atoms with Gasteiger partial charge in [-0.15, -0.1) is 0 Å². The van der Waals surface area contributed by atoms with Crippen LogP contribution in [-0.4, -0.2) is 60.3 Å². The van der Waals surface area contributed by atoms with Crippen LogP contribution in [0, 0.1) is 0 Å². The summed E-state index contributed by atoms with van der Waals surface area (Å²) in [5.74, 6) is 0.778. The zero-order valence-electron chi connectivity index (χ0n) is 14.7. The molecule has 6 heteroatoms. The molecule has 4 nitrogen and oxygen atoms in total. The van der Waals surface area contributed by atoms with Gasteiger partial charge >= 0.3 is 0 Å². The number of rotatable bonds is 7. The van der Waals surface area contributed by atoms with Gasteiger partial charge in [-0.1, -0.05) is 39.7 Å². The first-order chi connectivity index (χ1) is 12.6. The Labute approximate surface area is 168 Å². The van der Waals surface area contributed by atoms with Gasteiger partial charge in [0.1, 0.15) is 18.5 Å². The van der Waals surface area contributed by atoms with Gasteiger partial charge in [0.25, 0.3) is 0 Å². The van der Waals surface area contributed by atoms with Gasteiger partial charge in [-0.2, -0.15) is 0 Å². The Morgan fingerprint density at radius 3 is 2.23 bits per heavy atom. The average molecular weight is 440 g/mol. The molecule has 0 unspecified atom stereocenters. The van der Waals surface area contributed by atoms with E-state index in [0.717, 1.165) is 48.0 Å². The molecule has 1 atom stereocenters. The number of ether oxygens (including phenoxy) is 1. The lowest BCUT2D eigenvalue weighted by Gasteiger charge is -2.35. The third kappa shape index (κ3) is 6.25. The Morgan fingerprint density at radius 2 is 1.58 bits per heavy atom. The highest BCUT2D eigenvalue weighted by Gasteiger charge is 2.19. The number of piperazine rings is 1. The highest BCUT2D eigenvalue weighted by Crippen LogP contribution is 2.16. The van der Waals surface area contributed by atoms with Crippen LogP contribution < -0.4 is 4.74 Å². The molecule has 0 spiro atoms. The van der Waals surface area contributed by atoms with E-state index in [0.29, 0.717) is 13.2 Å². The fourth-order valence-corrected chi connectivity index (χ4v) is 3.44. The molecule has 2 aromatic carbocycles. The number of hydrogen-bond acceptors (Lipinski definition) is 4. The van der Waals surface area contributed by atoms with E-state index in [-0.39, 0.29) is 0 Å². The van der Waals surface area contributed by atoms with E-state index in [1.165, 1.54) is 5.56 Å². The second-order valence-corrected chi connectivity index (χ2v) is 7.97. The van der Waals surface area contributed by atoms with Crippen LogP contribution in [0.25, 0.3) is 0 Å². The maximum atomic E-state index is 10.2. The largest absolute Gasteiger partial charge is 0.491 e. The van der Waals surface area contributed by atoms with Gasteiger partial charge in [0.2, 0.25) is 0 Å². The summed E-state index contributed by atoms with van der Waals surface area (Å²) in [7, 11) is 0. The van der Waals surface area contributed by atoms with Gasteiger partial charge in [0, 0.05) is 48.8 Å². The summed E-state index contributed by atoms with van der Waals surface area (Å²) in [6.07, 6.45) is -0.485. The van der Waals surface area contributed by atoms with Crippen molar-refractivity contribution in [1.29, 1.82) is 0 Å². The van der Waals surface area contributed by atoms with Gasteiger partial charge in [0.15, 0.2) is 0 Å². The van der Waals surface area contributed by atoms with Crippen LogP contribution in [0.4, 0.5) is 0 Å². The molecule has 1 aliphatic heterocycles. The van der Waals surface area contributed by atoms with E-state index in [9.17, 15) is 5.11 Å². The standard InChI is InChI=1S/C20H24BrClN2O2/c21-17-3-7-20(8-4-17)26-15-19(25)14-24-11-9-23(10-12-24)13-16-1-5-18(22)6-2-16/h1-8,19,25H,9-15H2/t19-/m1/s1. The SMILES string of the molecule is O[C@@H](COc1ccc(Br)cc1)CN1CCN(Cc2ccc(Cl)cc2)CC1. The number of nitrogens with zero attached hydrogens (tertiary/aromatic N) is 2. The molecule has 1 aliphatic rings. The normalized spacial score (nSPS) is 17.2. The zero-order chi connectivity index (χ0) is 18.4. The molecule has 0 radical (unpaired) electrons. The second kappa shape index (κ2) is 9.72. The predicted octanol–water partition coefficient (Wildman–Crippen LogP) is 3.66. The van der Waals surface area contributed by atoms with Crippen LogP contribution in [0.1, 0.15) is 5.56 Å². The third-order valence-electron chi connectivity index (χ3n) is 4.51. The number of hydrogen-bond donors (Lipinski definition) is 1. The Morgan fingerprint density at radius 1 is 0.962 bits per heavy atom. The van der Waals surface area contributed by atoms with Crippen molar-refractivity contribution in [3.8, 4) is 5.75 Å². The number of benzene rings is 2. The van der Waals surface area contributed by atoms with E-state index in [1.807, 2.05) is 36.4 Å². The highest BCUT2D eigenvalue weighted by atomic mass is 79.9. The molecule has 0 bridgehead atoms. The van der Waals surface area contributed by atoms with Gasteiger partial charge in [0.05, 0.1) is 0 Å². The maximum absolute atomic E-state index is 10.2. The molecule has 3 rings (SSSR count). The summed E-state index contributed by atoms with van der Waals surface area (Å²) in [5, 5.41) is 11.0. The van der Waals surface area contributed by atoms with Crippen LogP contribution >= 0.6 is 27.5 Å². The minimum atomic E-state index is -0.485. The molecule has 1 saturated heterocycles. The molecule has 0 amide bonds. The smallest absolute Gasteiger partial charge is 0.119 e. The van der Waals surface area contributed by atoms with Gasteiger partial charge in [-0.3, -0.25) is 9.80 Å². The fraction of sp³-hybridized carbons (Fsp3) is 0.400. The quantitative estimate of drug-likeness (QED) is 0.714. The molecule has 2 aromatic rings. The first-order valence-corrected chi connectivity index (χ1v) is 10.0. The number of β-amino-alcohol motifs (C(OH)–C–C–N with tert-alkyl or cyclic N) is 1. The number of aliphatic hydroxyl groups excluding tert-OH is 1. The Kier molecular flexibility index (Phi) is 7.34. The summed E-state index contributed by atoms with van der Waals surface area (Å²) in [4.78, 5) is 4.73. The van der Waals surface area contributed by atoms with Crippen molar-refractivity contribution in [2.75, 3.05) is 39.3 Å². The lowest BCUT2D eigenvalue weighted by atomic mass is 10.2. The molecular weight excluding hydrogens is 416 g/mol. The van der Waals surface area contributed by atoms with E-state index in [4.69, 9.17) is 16.3 Å². The first-order valence-electron chi connectivity index (χ1n) is 8.84.